The van der Waals surface area contributed by atoms with Gasteiger partial charge in [-0.3, -0.25) is 19.2 Å². The molecule has 2 aliphatic heterocycles. The van der Waals surface area contributed by atoms with Gasteiger partial charge in [-0.25, -0.2) is 13.7 Å². The number of hydrogen-bond donors (Lipinski definition) is 3. The number of nitrogens with one attached hydrogen (secondary N) is 3. The lowest BCUT2D eigenvalue weighted by atomic mass is 9.79. The van der Waals surface area contributed by atoms with Crippen molar-refractivity contribution < 1.29 is 41.1 Å². The number of carbonyl (C=O) groups excluding carboxylic acids is 4. The van der Waals surface area contributed by atoms with Crippen molar-refractivity contribution in [1.29, 1.82) is 5.26 Å². The molecular weight excluding hydrogens is 577 g/mol. The van der Waals surface area contributed by atoms with Crippen LogP contribution in [-0.2, 0) is 31.0 Å². The molecule has 1 fully saturated rings. The Morgan fingerprint density at radius 1 is 1.09 bits per heavy atom. The number of imide groups is 1. The van der Waals surface area contributed by atoms with E-state index in [2.05, 4.69) is 10.6 Å². The van der Waals surface area contributed by atoms with Crippen molar-refractivity contribution in [3.63, 3.8) is 0 Å². The molecule has 4 rings (SSSR count). The smallest absolute Gasteiger partial charge is 0.342 e. The lowest BCUT2D eigenvalue weighted by Gasteiger charge is -2.33. The lowest BCUT2D eigenvalue weighted by molar-refractivity contribution is -0.175. The monoisotopic (exact) mass is 605 g/mol. The van der Waals surface area contributed by atoms with Crippen LogP contribution in [0, 0.1) is 28.4 Å². The number of hydrogen-bond acceptors (Lipinski definition) is 6. The fourth-order valence-electron chi connectivity index (χ4n) is 5.39. The molecule has 2 heterocycles. The van der Waals surface area contributed by atoms with E-state index in [1.807, 2.05) is 6.07 Å². The number of amides is 4. The van der Waals surface area contributed by atoms with Gasteiger partial charge in [-0.1, -0.05) is 32.9 Å². The topological polar surface area (TPSA) is 131 Å². The van der Waals surface area contributed by atoms with Crippen LogP contribution < -0.4 is 20.9 Å². The number of carbonyl (C=O) groups is 4. The van der Waals surface area contributed by atoms with Crippen LogP contribution in [0.4, 0.5) is 27.6 Å². The van der Waals surface area contributed by atoms with Crippen molar-refractivity contribution >= 4 is 29.3 Å². The van der Waals surface area contributed by atoms with Gasteiger partial charge >= 0.3 is 12.1 Å². The highest BCUT2D eigenvalue weighted by atomic mass is 19.4. The second-order valence-corrected chi connectivity index (χ2v) is 11.7. The third kappa shape index (κ3) is 6.22. The van der Waals surface area contributed by atoms with Gasteiger partial charge in [0.15, 0.2) is 0 Å². The van der Waals surface area contributed by atoms with Gasteiger partial charge < -0.3 is 16.0 Å². The lowest BCUT2D eigenvalue weighted by Crippen LogP contribution is -2.60. The minimum Gasteiger partial charge on any atom is -0.342 e. The zero-order valence-electron chi connectivity index (χ0n) is 23.3. The molecule has 1 spiro atoms. The Hall–Kier alpha value is -4.38. The number of nitrogens with zero attached hydrogens (tertiary/aromatic N) is 2. The molecule has 0 saturated carbocycles. The third-order valence-electron chi connectivity index (χ3n) is 7.51. The number of fused-ring (bicyclic) bond motifs is 2. The normalized spacial score (nSPS) is 21.2. The van der Waals surface area contributed by atoms with Crippen LogP contribution in [0.2, 0.25) is 0 Å². The van der Waals surface area contributed by atoms with Gasteiger partial charge in [0, 0.05) is 13.0 Å². The molecule has 2 aromatic rings. The molecule has 2 aliphatic rings. The van der Waals surface area contributed by atoms with E-state index >= 15 is 0 Å². The fraction of sp³-hybridized carbons (Fsp3) is 0.414. The Bertz CT molecular complexity index is 1520. The molecule has 9 nitrogen and oxygen atoms in total. The first-order chi connectivity index (χ1) is 20.0. The summed E-state index contributed by atoms with van der Waals surface area (Å²) in [6, 6.07) is 6.13. The highest BCUT2D eigenvalue weighted by Gasteiger charge is 2.57. The summed E-state index contributed by atoms with van der Waals surface area (Å²) in [5.74, 6) is -6.71. The maximum absolute atomic E-state index is 14.4. The Morgan fingerprint density at radius 2 is 1.77 bits per heavy atom. The van der Waals surface area contributed by atoms with Gasteiger partial charge in [-0.05, 0) is 53.3 Å². The number of nitriles is 1. The molecule has 2 aromatic carbocycles. The summed E-state index contributed by atoms with van der Waals surface area (Å²) in [6.07, 6.45) is -5.76. The molecule has 0 aromatic heterocycles. The molecule has 228 valence electrons. The predicted octanol–water partition coefficient (Wildman–Crippen LogP) is 2.78. The van der Waals surface area contributed by atoms with Gasteiger partial charge in [-0.2, -0.15) is 18.4 Å². The standard InChI is InChI=1S/C29H28F5N5O4/c1-27(2,3)22(38-25(42)29(32,33)34)23(40)37-20(10-15-5-4-6-16(30)9-15)24(41)39-21-8-7-17(31)11-19(21)28(26(39)43)12-18(13-35)36-14-28/h4-9,11,18,20,22,36H,10,12,14H2,1-3H3,(H,37,40)(H,38,42)/t18-,20?,22?,28-/m0/s1. The molecule has 0 bridgehead atoms. The third-order valence-corrected chi connectivity index (χ3v) is 7.51. The first-order valence-electron chi connectivity index (χ1n) is 13.2. The highest BCUT2D eigenvalue weighted by molar-refractivity contribution is 6.24. The van der Waals surface area contributed by atoms with E-state index in [4.69, 9.17) is 0 Å². The van der Waals surface area contributed by atoms with Crippen molar-refractivity contribution in [3.05, 3.63) is 65.2 Å². The largest absolute Gasteiger partial charge is 0.471 e. The van der Waals surface area contributed by atoms with E-state index in [-0.39, 0.29) is 29.8 Å². The number of anilines is 1. The van der Waals surface area contributed by atoms with Gasteiger partial charge in [0.2, 0.25) is 11.8 Å². The van der Waals surface area contributed by atoms with Gasteiger partial charge in [0.25, 0.3) is 5.91 Å². The average molecular weight is 606 g/mol. The maximum atomic E-state index is 14.4. The van der Waals surface area contributed by atoms with Crippen molar-refractivity contribution in [3.8, 4) is 6.07 Å². The van der Waals surface area contributed by atoms with Crippen molar-refractivity contribution in [2.75, 3.05) is 11.4 Å². The van der Waals surface area contributed by atoms with Gasteiger partial charge in [-0.15, -0.1) is 0 Å². The summed E-state index contributed by atoms with van der Waals surface area (Å²) in [5, 5.41) is 16.3. The number of halogens is 5. The molecule has 4 atom stereocenters. The summed E-state index contributed by atoms with van der Waals surface area (Å²) in [5.41, 5.74) is -2.38. The fourth-order valence-corrected chi connectivity index (χ4v) is 5.39. The molecule has 4 amide bonds. The number of alkyl halides is 3. The van der Waals surface area contributed by atoms with E-state index in [9.17, 15) is 46.4 Å². The Balaban J connectivity index is 1.74. The molecular formula is C29H28F5N5O4. The summed E-state index contributed by atoms with van der Waals surface area (Å²) in [6.45, 7) is 4.11. The second kappa shape index (κ2) is 11.4. The zero-order valence-corrected chi connectivity index (χ0v) is 23.3. The Labute approximate surface area is 243 Å². The molecule has 0 radical (unpaired) electrons. The van der Waals surface area contributed by atoms with E-state index in [1.165, 1.54) is 39.0 Å². The molecule has 43 heavy (non-hydrogen) atoms. The van der Waals surface area contributed by atoms with Crippen LogP contribution in [0.3, 0.4) is 0 Å². The van der Waals surface area contributed by atoms with E-state index < -0.39 is 76.8 Å². The van der Waals surface area contributed by atoms with Crippen LogP contribution in [0.25, 0.3) is 0 Å². The van der Waals surface area contributed by atoms with Crippen LogP contribution in [-0.4, -0.2) is 54.5 Å². The Kier molecular flexibility index (Phi) is 8.34. The van der Waals surface area contributed by atoms with E-state index in [0.29, 0.717) is 0 Å². The summed E-state index contributed by atoms with van der Waals surface area (Å²) < 4.78 is 67.6. The van der Waals surface area contributed by atoms with Crippen LogP contribution in [0.15, 0.2) is 42.5 Å². The molecule has 3 N–H and O–H groups in total. The molecule has 1 saturated heterocycles. The minimum absolute atomic E-state index is 0.00743. The van der Waals surface area contributed by atoms with Crippen LogP contribution >= 0.6 is 0 Å². The Morgan fingerprint density at radius 3 is 2.35 bits per heavy atom. The highest BCUT2D eigenvalue weighted by Crippen LogP contribution is 2.47. The number of benzene rings is 2. The second-order valence-electron chi connectivity index (χ2n) is 11.7. The predicted molar refractivity (Wildman–Crippen MR) is 142 cm³/mol. The maximum Gasteiger partial charge on any atom is 0.471 e. The van der Waals surface area contributed by atoms with Crippen molar-refractivity contribution in [1.82, 2.24) is 16.0 Å². The first kappa shape index (κ1) is 31.6. The van der Waals surface area contributed by atoms with Crippen LogP contribution in [0.1, 0.15) is 38.3 Å². The molecule has 14 heteroatoms. The minimum atomic E-state index is -5.30. The summed E-state index contributed by atoms with van der Waals surface area (Å²) >= 11 is 0. The van der Waals surface area contributed by atoms with E-state index in [0.717, 1.165) is 29.2 Å². The SMILES string of the molecule is CC(C)(C)C(NC(=O)C(F)(F)F)C(=O)NC(Cc1cccc(F)c1)C(=O)N1C(=O)[C@@]2(CN[C@H](C#N)C2)c2cc(F)ccc21. The van der Waals surface area contributed by atoms with Crippen molar-refractivity contribution in [2.45, 2.75) is 63.3 Å². The number of rotatable bonds is 6. The summed E-state index contributed by atoms with van der Waals surface area (Å²) in [4.78, 5) is 54.0. The quantitative estimate of drug-likeness (QED) is 0.434. The van der Waals surface area contributed by atoms with Crippen LogP contribution in [0.5, 0.6) is 0 Å². The average Bonchev–Trinajstić information content (AvgIpc) is 3.45. The zero-order chi connectivity index (χ0) is 31.9. The van der Waals surface area contributed by atoms with Gasteiger partial charge in [0.05, 0.1) is 23.2 Å². The van der Waals surface area contributed by atoms with E-state index in [1.54, 1.807) is 5.32 Å². The molecule has 0 aliphatic carbocycles. The summed E-state index contributed by atoms with van der Waals surface area (Å²) in [7, 11) is 0. The first-order valence-corrected chi connectivity index (χ1v) is 13.2. The molecule has 2 unspecified atom stereocenters. The van der Waals surface area contributed by atoms with Gasteiger partial charge in [0.1, 0.15) is 23.7 Å². The van der Waals surface area contributed by atoms with Crippen molar-refractivity contribution in [2.24, 2.45) is 5.41 Å².